The Morgan fingerprint density at radius 1 is 1.24 bits per heavy atom. The lowest BCUT2D eigenvalue weighted by Crippen LogP contribution is -2.80. The van der Waals surface area contributed by atoms with Gasteiger partial charge in [-0.05, 0) is 39.0 Å². The normalized spacial score (nSPS) is 52.0. The van der Waals surface area contributed by atoms with Gasteiger partial charge in [-0.1, -0.05) is 31.6 Å². The topological polar surface area (TPSA) is 87.0 Å². The number of hydrogen-bond acceptors (Lipinski definition) is 5. The highest BCUT2D eigenvalue weighted by atomic mass is 16.6. The van der Waals surface area contributed by atoms with Gasteiger partial charge in [-0.15, -0.1) is 6.58 Å². The molecule has 3 aliphatic rings. The predicted molar refractivity (Wildman–Crippen MR) is 93.9 cm³/mol. The van der Waals surface area contributed by atoms with Crippen LogP contribution in [0.5, 0.6) is 0 Å². The van der Waals surface area contributed by atoms with Crippen molar-refractivity contribution in [1.29, 1.82) is 0 Å². The summed E-state index contributed by atoms with van der Waals surface area (Å²) in [7, 11) is 0. The minimum Gasteiger partial charge on any atom is -0.392 e. The molecule has 140 valence electrons. The van der Waals surface area contributed by atoms with E-state index in [9.17, 15) is 20.1 Å². The molecule has 25 heavy (non-hydrogen) atoms. The van der Waals surface area contributed by atoms with Crippen LogP contribution < -0.4 is 0 Å². The van der Waals surface area contributed by atoms with E-state index in [4.69, 9.17) is 4.74 Å². The first kappa shape index (κ1) is 18.8. The van der Waals surface area contributed by atoms with Gasteiger partial charge in [0.2, 0.25) is 0 Å². The van der Waals surface area contributed by atoms with E-state index < -0.39 is 40.2 Å². The van der Waals surface area contributed by atoms with E-state index in [1.54, 1.807) is 26.8 Å². The molecule has 1 saturated carbocycles. The van der Waals surface area contributed by atoms with Crippen molar-refractivity contribution in [3.63, 3.8) is 0 Å². The van der Waals surface area contributed by atoms with E-state index in [0.29, 0.717) is 12.8 Å². The maximum atomic E-state index is 13.3. The average Bonchev–Trinajstić information content (AvgIpc) is 2.51. The summed E-state index contributed by atoms with van der Waals surface area (Å²) >= 11 is 0. The zero-order chi connectivity index (χ0) is 19.1. The van der Waals surface area contributed by atoms with E-state index in [1.807, 2.05) is 13.8 Å². The summed E-state index contributed by atoms with van der Waals surface area (Å²) in [5, 5.41) is 33.6. The SMILES string of the molecule is C=C[C@@]1(C)CC(=O)[C@@]2(O)[C@](C)(O1)[C@@H](O)C=C1C(C)(C)CC[C@H](O)[C@@]12C. The molecule has 2 aliphatic carbocycles. The van der Waals surface area contributed by atoms with Gasteiger partial charge in [-0.2, -0.15) is 0 Å². The molecule has 1 saturated heterocycles. The van der Waals surface area contributed by atoms with Gasteiger partial charge in [-0.3, -0.25) is 4.79 Å². The fourth-order valence-corrected chi connectivity index (χ4v) is 5.47. The average molecular weight is 350 g/mol. The Morgan fingerprint density at radius 3 is 2.40 bits per heavy atom. The molecule has 0 spiro atoms. The van der Waals surface area contributed by atoms with E-state index in [1.165, 1.54) is 6.08 Å². The lowest BCUT2D eigenvalue weighted by Gasteiger charge is -2.66. The molecule has 0 radical (unpaired) electrons. The first-order valence-electron chi connectivity index (χ1n) is 8.97. The number of hydrogen-bond donors (Lipinski definition) is 3. The highest BCUT2D eigenvalue weighted by molar-refractivity contribution is 5.93. The third-order valence-electron chi connectivity index (χ3n) is 7.15. The molecule has 5 heteroatoms. The first-order chi connectivity index (χ1) is 11.3. The smallest absolute Gasteiger partial charge is 0.171 e. The zero-order valence-electron chi connectivity index (χ0n) is 15.8. The van der Waals surface area contributed by atoms with Crippen LogP contribution in [0.2, 0.25) is 0 Å². The van der Waals surface area contributed by atoms with Crippen LogP contribution in [0, 0.1) is 10.8 Å². The summed E-state index contributed by atoms with van der Waals surface area (Å²) in [5.74, 6) is -0.424. The standard InChI is InChI=1S/C20H30O5/c1-7-17(4)11-15(23)20(24)18(5)12(10-14(22)19(20,6)25-17)16(2,3)9-8-13(18)21/h7,10,13-14,21-22,24H,1,8-9,11H2,2-6H3/t13-,14-,17-,18+,19+,20-/m0/s1. The summed E-state index contributed by atoms with van der Waals surface area (Å²) in [6.45, 7) is 12.8. The second-order valence-electron chi connectivity index (χ2n) is 9.20. The molecule has 0 aromatic carbocycles. The highest BCUT2D eigenvalue weighted by Gasteiger charge is 2.75. The Morgan fingerprint density at radius 2 is 1.84 bits per heavy atom. The maximum absolute atomic E-state index is 13.3. The van der Waals surface area contributed by atoms with E-state index in [-0.39, 0.29) is 11.8 Å². The Labute approximate surface area is 149 Å². The number of carbonyl (C=O) groups excluding carboxylic acids is 1. The molecule has 6 atom stereocenters. The van der Waals surface area contributed by atoms with Gasteiger partial charge in [0.25, 0.3) is 0 Å². The van der Waals surface area contributed by atoms with Crippen LogP contribution in [0.3, 0.4) is 0 Å². The quantitative estimate of drug-likeness (QED) is 0.629. The number of ketones is 1. The molecular weight excluding hydrogens is 320 g/mol. The molecule has 0 bridgehead atoms. The molecule has 0 aromatic rings. The van der Waals surface area contributed by atoms with Crippen molar-refractivity contribution >= 4 is 5.78 Å². The van der Waals surface area contributed by atoms with Gasteiger partial charge >= 0.3 is 0 Å². The number of fused-ring (bicyclic) bond motifs is 3. The van der Waals surface area contributed by atoms with Gasteiger partial charge < -0.3 is 20.1 Å². The number of ether oxygens (including phenoxy) is 1. The van der Waals surface area contributed by atoms with Gasteiger partial charge in [0, 0.05) is 6.42 Å². The van der Waals surface area contributed by atoms with Crippen molar-refractivity contribution < 1.29 is 24.9 Å². The van der Waals surface area contributed by atoms with Crippen molar-refractivity contribution in [2.24, 2.45) is 10.8 Å². The van der Waals surface area contributed by atoms with Crippen LogP contribution in [0.4, 0.5) is 0 Å². The Bertz CT molecular complexity index is 667. The first-order valence-corrected chi connectivity index (χ1v) is 8.97. The summed E-state index contributed by atoms with van der Waals surface area (Å²) in [6.07, 6.45) is 2.28. The second kappa shape index (κ2) is 5.03. The molecule has 2 fully saturated rings. The van der Waals surface area contributed by atoms with E-state index in [2.05, 4.69) is 6.58 Å². The third-order valence-corrected chi connectivity index (χ3v) is 7.15. The lowest BCUT2D eigenvalue weighted by atomic mass is 9.44. The van der Waals surface area contributed by atoms with Crippen LogP contribution in [0.25, 0.3) is 0 Å². The molecule has 0 aromatic heterocycles. The van der Waals surface area contributed by atoms with Crippen LogP contribution in [-0.4, -0.2) is 50.1 Å². The maximum Gasteiger partial charge on any atom is 0.171 e. The van der Waals surface area contributed by atoms with Gasteiger partial charge in [-0.25, -0.2) is 0 Å². The molecule has 3 N–H and O–H groups in total. The van der Waals surface area contributed by atoms with Crippen molar-refractivity contribution in [2.45, 2.75) is 82.9 Å². The number of aliphatic hydroxyl groups is 3. The Kier molecular flexibility index (Phi) is 3.78. The van der Waals surface area contributed by atoms with Crippen molar-refractivity contribution in [2.75, 3.05) is 0 Å². The van der Waals surface area contributed by atoms with Gasteiger partial charge in [0.1, 0.15) is 11.7 Å². The predicted octanol–water partition coefficient (Wildman–Crippen LogP) is 1.90. The summed E-state index contributed by atoms with van der Waals surface area (Å²) in [4.78, 5) is 13.3. The second-order valence-corrected chi connectivity index (χ2v) is 9.20. The minimum absolute atomic E-state index is 0.0503. The van der Waals surface area contributed by atoms with Gasteiger partial charge in [0.15, 0.2) is 11.4 Å². The molecule has 1 heterocycles. The fraction of sp³-hybridized carbons (Fsp3) is 0.750. The molecular formula is C20H30O5. The molecule has 5 nitrogen and oxygen atoms in total. The molecule has 1 aliphatic heterocycles. The molecule has 0 amide bonds. The van der Waals surface area contributed by atoms with Crippen molar-refractivity contribution in [1.82, 2.24) is 0 Å². The van der Waals surface area contributed by atoms with E-state index in [0.717, 1.165) is 5.57 Å². The van der Waals surface area contributed by atoms with E-state index >= 15 is 0 Å². The molecule has 0 unspecified atom stereocenters. The zero-order valence-corrected chi connectivity index (χ0v) is 15.8. The van der Waals surface area contributed by atoms with Gasteiger partial charge in [0.05, 0.1) is 17.1 Å². The summed E-state index contributed by atoms with van der Waals surface area (Å²) in [5.41, 5.74) is -5.41. The highest BCUT2D eigenvalue weighted by Crippen LogP contribution is 2.64. The third kappa shape index (κ3) is 2.01. The van der Waals surface area contributed by atoms with Crippen molar-refractivity contribution in [3.8, 4) is 0 Å². The Hall–Kier alpha value is -1.01. The van der Waals surface area contributed by atoms with Crippen LogP contribution >= 0.6 is 0 Å². The fourth-order valence-electron chi connectivity index (χ4n) is 5.47. The van der Waals surface area contributed by atoms with Crippen molar-refractivity contribution in [3.05, 3.63) is 24.3 Å². The lowest BCUT2D eigenvalue weighted by molar-refractivity contribution is -0.303. The number of carbonyl (C=O) groups is 1. The Balaban J connectivity index is 2.31. The van der Waals surface area contributed by atoms with Crippen LogP contribution in [0.15, 0.2) is 24.3 Å². The van der Waals surface area contributed by atoms with Crippen LogP contribution in [-0.2, 0) is 9.53 Å². The monoisotopic (exact) mass is 350 g/mol. The summed E-state index contributed by atoms with van der Waals surface area (Å²) < 4.78 is 6.14. The minimum atomic E-state index is -2.02. The number of Topliss-reactive ketones (excluding diaryl/α,β-unsaturated/α-hetero) is 1. The molecule has 3 rings (SSSR count). The summed E-state index contributed by atoms with van der Waals surface area (Å²) in [6, 6.07) is 0. The number of rotatable bonds is 1. The number of aliphatic hydroxyl groups excluding tert-OH is 2. The van der Waals surface area contributed by atoms with Crippen LogP contribution in [0.1, 0.15) is 53.9 Å². The largest absolute Gasteiger partial charge is 0.392 e.